The van der Waals surface area contributed by atoms with Crippen LogP contribution in [0.3, 0.4) is 0 Å². The van der Waals surface area contributed by atoms with E-state index in [0.29, 0.717) is 11.4 Å². The van der Waals surface area contributed by atoms with E-state index in [-0.39, 0.29) is 6.54 Å². The number of rotatable bonds is 4. The molecule has 7 heteroatoms. The Hall–Kier alpha value is -3.19. The first kappa shape index (κ1) is 18.2. The lowest BCUT2D eigenvalue weighted by Crippen LogP contribution is -2.58. The monoisotopic (exact) mass is 393 g/mol. The third-order valence-corrected chi connectivity index (χ3v) is 5.51. The number of amides is 2. The lowest BCUT2D eigenvalue weighted by molar-refractivity contribution is -0.146. The summed E-state index contributed by atoms with van der Waals surface area (Å²) >= 11 is 1.51. The molecule has 6 nitrogen and oxygen atoms in total. The molecule has 0 radical (unpaired) electrons. The van der Waals surface area contributed by atoms with E-state index in [9.17, 15) is 9.59 Å². The van der Waals surface area contributed by atoms with Gasteiger partial charge in [0.25, 0.3) is 17.4 Å². The number of nitrogens with one attached hydrogen (secondary N) is 2. The normalized spacial score (nSPS) is 18.0. The van der Waals surface area contributed by atoms with E-state index in [0.717, 1.165) is 21.8 Å². The van der Waals surface area contributed by atoms with Crippen LogP contribution >= 0.6 is 11.3 Å². The van der Waals surface area contributed by atoms with Gasteiger partial charge in [-0.2, -0.15) is 0 Å². The summed E-state index contributed by atoms with van der Waals surface area (Å²) in [7, 11) is 0. The van der Waals surface area contributed by atoms with Crippen molar-refractivity contribution in [2.75, 3.05) is 5.32 Å². The number of hydrogen-bond donors (Lipinski definition) is 2. The number of hydrogen-bond acceptors (Lipinski definition) is 5. The highest BCUT2D eigenvalue weighted by atomic mass is 32.1. The van der Waals surface area contributed by atoms with Gasteiger partial charge in [0.2, 0.25) is 0 Å². The Balaban J connectivity index is 1.46. The quantitative estimate of drug-likeness (QED) is 0.665. The number of fused-ring (bicyclic) bond motifs is 1. The fourth-order valence-electron chi connectivity index (χ4n) is 2.93. The maximum atomic E-state index is 12.7. The van der Waals surface area contributed by atoms with Crippen LogP contribution in [0.1, 0.15) is 18.2 Å². The van der Waals surface area contributed by atoms with Crippen LogP contribution in [0, 0.1) is 6.92 Å². The molecule has 1 aromatic heterocycles. The second-order valence-electron chi connectivity index (χ2n) is 6.78. The lowest BCUT2D eigenvalue weighted by atomic mass is 10.0. The summed E-state index contributed by atoms with van der Waals surface area (Å²) in [5.41, 5.74) is 1.68. The third kappa shape index (κ3) is 3.36. The molecule has 2 amide bonds. The van der Waals surface area contributed by atoms with Crippen molar-refractivity contribution in [3.63, 3.8) is 0 Å². The van der Waals surface area contributed by atoms with Gasteiger partial charge in [0, 0.05) is 10.9 Å². The zero-order valence-electron chi connectivity index (χ0n) is 15.5. The second-order valence-corrected chi connectivity index (χ2v) is 7.64. The van der Waals surface area contributed by atoms with Gasteiger partial charge in [0.1, 0.15) is 10.8 Å². The van der Waals surface area contributed by atoms with Gasteiger partial charge in [-0.05, 0) is 31.5 Å². The fraction of sp³-hybridized carbons (Fsp3) is 0.190. The highest BCUT2D eigenvalue weighted by Crippen LogP contribution is 2.34. The average molecular weight is 393 g/mol. The highest BCUT2D eigenvalue weighted by Gasteiger charge is 2.47. The molecule has 2 aromatic carbocycles. The summed E-state index contributed by atoms with van der Waals surface area (Å²) in [5, 5.41) is 8.30. The number of anilines is 1. The van der Waals surface area contributed by atoms with Gasteiger partial charge in [0.15, 0.2) is 0 Å². The van der Waals surface area contributed by atoms with Crippen molar-refractivity contribution in [3.05, 3.63) is 65.2 Å². The fourth-order valence-corrected chi connectivity index (χ4v) is 3.75. The molecule has 1 unspecified atom stereocenters. The van der Waals surface area contributed by atoms with Gasteiger partial charge < -0.3 is 15.4 Å². The van der Waals surface area contributed by atoms with Crippen LogP contribution in [-0.2, 0) is 16.1 Å². The van der Waals surface area contributed by atoms with E-state index in [2.05, 4.69) is 15.6 Å². The van der Waals surface area contributed by atoms with Crippen LogP contribution in [0.5, 0.6) is 5.75 Å². The van der Waals surface area contributed by atoms with E-state index in [4.69, 9.17) is 4.74 Å². The molecular weight excluding hydrogens is 374 g/mol. The molecular formula is C21H19N3O3S. The molecule has 2 heterocycles. The number of carbonyl (C=O) groups excluding carboxylic acids is 2. The summed E-state index contributed by atoms with van der Waals surface area (Å²) in [5.74, 6) is -0.528. The van der Waals surface area contributed by atoms with Gasteiger partial charge in [-0.15, -0.1) is 11.3 Å². The molecule has 3 aromatic rings. The topological polar surface area (TPSA) is 80.3 Å². The van der Waals surface area contributed by atoms with Crippen LogP contribution in [0.4, 0.5) is 5.69 Å². The minimum atomic E-state index is -1.64. The number of benzene rings is 2. The molecule has 28 heavy (non-hydrogen) atoms. The Morgan fingerprint density at radius 1 is 1.25 bits per heavy atom. The van der Waals surface area contributed by atoms with Crippen molar-refractivity contribution >= 4 is 28.8 Å². The van der Waals surface area contributed by atoms with E-state index in [1.165, 1.54) is 18.3 Å². The van der Waals surface area contributed by atoms with E-state index < -0.39 is 17.4 Å². The number of carbonyl (C=O) groups is 2. The van der Waals surface area contributed by atoms with Gasteiger partial charge in [-0.3, -0.25) is 9.59 Å². The number of aromatic nitrogens is 1. The molecule has 0 fully saturated rings. The predicted molar refractivity (Wildman–Crippen MR) is 108 cm³/mol. The van der Waals surface area contributed by atoms with E-state index in [1.807, 2.05) is 54.8 Å². The molecule has 0 aliphatic carbocycles. The minimum Gasteiger partial charge on any atom is -0.466 e. The third-order valence-electron chi connectivity index (χ3n) is 4.57. The Morgan fingerprint density at radius 3 is 2.82 bits per heavy atom. The first-order chi connectivity index (χ1) is 13.5. The van der Waals surface area contributed by atoms with Crippen LogP contribution in [0.15, 0.2) is 53.9 Å². The van der Waals surface area contributed by atoms with Crippen molar-refractivity contribution in [1.29, 1.82) is 0 Å². The van der Waals surface area contributed by atoms with Gasteiger partial charge in [0.05, 0.1) is 17.9 Å². The lowest BCUT2D eigenvalue weighted by Gasteiger charge is -2.33. The average Bonchev–Trinajstić information content (AvgIpc) is 3.17. The van der Waals surface area contributed by atoms with Gasteiger partial charge in [-0.25, -0.2) is 4.98 Å². The van der Waals surface area contributed by atoms with E-state index in [1.54, 1.807) is 6.07 Å². The molecule has 2 N–H and O–H groups in total. The van der Waals surface area contributed by atoms with Crippen molar-refractivity contribution in [2.24, 2.45) is 0 Å². The molecule has 4 rings (SSSR count). The zero-order valence-corrected chi connectivity index (χ0v) is 16.3. The molecule has 142 valence electrons. The second kappa shape index (κ2) is 7.09. The van der Waals surface area contributed by atoms with Crippen molar-refractivity contribution < 1.29 is 14.3 Å². The van der Waals surface area contributed by atoms with Crippen molar-refractivity contribution in [1.82, 2.24) is 10.3 Å². The van der Waals surface area contributed by atoms with Crippen LogP contribution in [0.2, 0.25) is 0 Å². The number of ether oxygens (including phenoxy) is 1. The first-order valence-electron chi connectivity index (χ1n) is 8.85. The highest BCUT2D eigenvalue weighted by molar-refractivity contribution is 7.13. The Morgan fingerprint density at radius 2 is 2.04 bits per heavy atom. The van der Waals surface area contributed by atoms with E-state index >= 15 is 0 Å². The number of thiazole rings is 1. The van der Waals surface area contributed by atoms with Crippen LogP contribution in [0.25, 0.3) is 10.6 Å². The Kier molecular flexibility index (Phi) is 4.60. The Labute approximate surface area is 166 Å². The number of nitrogens with zero attached hydrogens (tertiary/aromatic N) is 1. The van der Waals surface area contributed by atoms with Gasteiger partial charge in [-0.1, -0.05) is 36.4 Å². The molecule has 0 saturated carbocycles. The largest absolute Gasteiger partial charge is 0.466 e. The zero-order chi connectivity index (χ0) is 19.7. The van der Waals surface area contributed by atoms with Crippen LogP contribution in [-0.4, -0.2) is 22.4 Å². The molecule has 1 aliphatic rings. The first-order valence-corrected chi connectivity index (χ1v) is 9.73. The number of aryl methyl sites for hydroxylation is 1. The SMILES string of the molecule is Cc1ccc2c(c1)NC(=O)C(C)(C(=O)NCc1csc(-c3ccccc3)n1)O2. The summed E-state index contributed by atoms with van der Waals surface area (Å²) in [4.78, 5) is 29.8. The molecule has 1 aliphatic heterocycles. The predicted octanol–water partition coefficient (Wildman–Crippen LogP) is 3.52. The standard InChI is InChI=1S/C21H19N3O3S/c1-13-8-9-17-16(10-13)24-20(26)21(2,27-17)19(25)22-11-15-12-28-18(23-15)14-6-4-3-5-7-14/h3-10,12H,11H2,1-2H3,(H,22,25)(H,24,26). The molecule has 0 bridgehead atoms. The van der Waals surface area contributed by atoms with Gasteiger partial charge >= 0.3 is 0 Å². The summed E-state index contributed by atoms with van der Waals surface area (Å²) in [6, 6.07) is 15.3. The van der Waals surface area contributed by atoms with Crippen molar-refractivity contribution in [2.45, 2.75) is 26.0 Å². The smallest absolute Gasteiger partial charge is 0.278 e. The van der Waals surface area contributed by atoms with Crippen molar-refractivity contribution in [3.8, 4) is 16.3 Å². The molecule has 1 atom stereocenters. The maximum Gasteiger partial charge on any atom is 0.278 e. The Bertz CT molecular complexity index is 1050. The minimum absolute atomic E-state index is 0.217. The summed E-state index contributed by atoms with van der Waals surface area (Å²) in [6.07, 6.45) is 0. The van der Waals surface area contributed by atoms with Crippen LogP contribution < -0.4 is 15.4 Å². The summed E-state index contributed by atoms with van der Waals surface area (Å²) < 4.78 is 5.77. The molecule has 0 saturated heterocycles. The maximum absolute atomic E-state index is 12.7. The molecule has 0 spiro atoms. The summed E-state index contributed by atoms with van der Waals surface area (Å²) in [6.45, 7) is 3.61.